The van der Waals surface area contributed by atoms with Crippen LogP contribution < -0.4 is 5.32 Å². The van der Waals surface area contributed by atoms with E-state index in [2.05, 4.69) is 12.2 Å². The second-order valence-corrected chi connectivity index (χ2v) is 6.25. The fourth-order valence-electron chi connectivity index (χ4n) is 2.58. The normalized spacial score (nSPS) is 11.2. The summed E-state index contributed by atoms with van der Waals surface area (Å²) in [6.45, 7) is 4.91. The lowest BCUT2D eigenvalue weighted by Gasteiger charge is -2.03. The number of unbranched alkanes of at least 4 members (excludes halogenated alkanes) is 9. The zero-order chi connectivity index (χ0) is 16.8. The number of aryl methyl sites for hydroxylation is 1. The zero-order valence-corrected chi connectivity index (χ0v) is 14.9. The van der Waals surface area contributed by atoms with Crippen LogP contribution in [0.2, 0.25) is 0 Å². The summed E-state index contributed by atoms with van der Waals surface area (Å²) >= 11 is 0. The van der Waals surface area contributed by atoms with E-state index in [1.54, 1.807) is 6.08 Å². The lowest BCUT2D eigenvalue weighted by Crippen LogP contribution is -2.21. The number of carbonyl (C=O) groups is 1. The Hall–Kier alpha value is -1.51. The number of furan rings is 1. The first-order chi connectivity index (χ1) is 11.2. The van der Waals surface area contributed by atoms with E-state index < -0.39 is 0 Å². The first kappa shape index (κ1) is 19.5. The van der Waals surface area contributed by atoms with Gasteiger partial charge in [-0.3, -0.25) is 4.79 Å². The third-order valence-electron chi connectivity index (χ3n) is 3.99. The summed E-state index contributed by atoms with van der Waals surface area (Å²) in [5.41, 5.74) is 0. The minimum Gasteiger partial charge on any atom is -0.462 e. The van der Waals surface area contributed by atoms with E-state index in [1.165, 1.54) is 63.9 Å². The van der Waals surface area contributed by atoms with Gasteiger partial charge in [-0.25, -0.2) is 0 Å². The molecule has 0 aromatic carbocycles. The second-order valence-electron chi connectivity index (χ2n) is 6.25. The van der Waals surface area contributed by atoms with Crippen LogP contribution >= 0.6 is 0 Å². The van der Waals surface area contributed by atoms with Crippen molar-refractivity contribution in [2.75, 3.05) is 6.54 Å². The van der Waals surface area contributed by atoms with Crippen LogP contribution in [0.1, 0.15) is 82.7 Å². The number of amides is 1. The van der Waals surface area contributed by atoms with Gasteiger partial charge in [-0.05, 0) is 31.6 Å². The van der Waals surface area contributed by atoms with Crippen molar-refractivity contribution in [3.05, 3.63) is 29.7 Å². The van der Waals surface area contributed by atoms with E-state index in [0.717, 1.165) is 24.5 Å². The number of rotatable bonds is 13. The maximum absolute atomic E-state index is 11.6. The van der Waals surface area contributed by atoms with Crippen LogP contribution in [0, 0.1) is 6.92 Å². The third kappa shape index (κ3) is 10.8. The molecule has 1 rings (SSSR count). The molecule has 3 heteroatoms. The van der Waals surface area contributed by atoms with Crippen LogP contribution in [-0.2, 0) is 4.79 Å². The van der Waals surface area contributed by atoms with E-state index in [-0.39, 0.29) is 5.91 Å². The predicted molar refractivity (Wildman–Crippen MR) is 97.3 cm³/mol. The van der Waals surface area contributed by atoms with Crippen molar-refractivity contribution >= 4 is 12.0 Å². The van der Waals surface area contributed by atoms with Crippen LogP contribution in [0.3, 0.4) is 0 Å². The Bertz CT molecular complexity index is 448. The molecule has 130 valence electrons. The van der Waals surface area contributed by atoms with Crippen molar-refractivity contribution in [2.45, 2.75) is 78.1 Å². The largest absolute Gasteiger partial charge is 0.462 e. The van der Waals surface area contributed by atoms with Gasteiger partial charge in [0.15, 0.2) is 0 Å². The van der Waals surface area contributed by atoms with Crippen LogP contribution in [0.5, 0.6) is 0 Å². The number of nitrogens with one attached hydrogen (secondary N) is 1. The molecule has 0 saturated carbocycles. The van der Waals surface area contributed by atoms with E-state index in [9.17, 15) is 4.79 Å². The van der Waals surface area contributed by atoms with E-state index in [4.69, 9.17) is 4.42 Å². The lowest BCUT2D eigenvalue weighted by molar-refractivity contribution is -0.116. The Morgan fingerprint density at radius 1 is 1.00 bits per heavy atom. The number of hydrogen-bond acceptors (Lipinski definition) is 2. The Kier molecular flexibility index (Phi) is 11.0. The molecule has 0 spiro atoms. The molecule has 1 amide bonds. The molecule has 0 radical (unpaired) electrons. The summed E-state index contributed by atoms with van der Waals surface area (Å²) in [6.07, 6.45) is 16.4. The molecule has 0 aliphatic rings. The second kappa shape index (κ2) is 13.0. The van der Waals surface area contributed by atoms with Gasteiger partial charge in [-0.2, -0.15) is 0 Å². The Morgan fingerprint density at radius 3 is 2.17 bits per heavy atom. The van der Waals surface area contributed by atoms with Gasteiger partial charge in [0.05, 0.1) is 0 Å². The van der Waals surface area contributed by atoms with Crippen LogP contribution in [0.25, 0.3) is 6.08 Å². The smallest absolute Gasteiger partial charge is 0.244 e. The molecule has 0 fully saturated rings. The third-order valence-corrected chi connectivity index (χ3v) is 3.99. The molecule has 3 nitrogen and oxygen atoms in total. The molecular weight excluding hydrogens is 286 g/mol. The van der Waals surface area contributed by atoms with Crippen molar-refractivity contribution in [2.24, 2.45) is 0 Å². The van der Waals surface area contributed by atoms with Crippen LogP contribution in [0.15, 0.2) is 22.6 Å². The molecule has 0 atom stereocenters. The molecule has 1 heterocycles. The fourth-order valence-corrected chi connectivity index (χ4v) is 2.58. The first-order valence-corrected chi connectivity index (χ1v) is 9.24. The lowest BCUT2D eigenvalue weighted by atomic mass is 10.1. The molecule has 1 aromatic heterocycles. The standard InChI is InChI=1S/C20H33NO2/c1-3-4-5-6-7-8-9-10-11-12-17-21-20(22)16-15-19-14-13-18(2)23-19/h13-16H,3-12,17H2,1-2H3,(H,21,22). The highest BCUT2D eigenvalue weighted by Gasteiger charge is 1.97. The average molecular weight is 319 g/mol. The quantitative estimate of drug-likeness (QED) is 0.378. The highest BCUT2D eigenvalue weighted by atomic mass is 16.3. The summed E-state index contributed by atoms with van der Waals surface area (Å²) in [5.74, 6) is 1.53. The monoisotopic (exact) mass is 319 g/mol. The highest BCUT2D eigenvalue weighted by Crippen LogP contribution is 2.10. The topological polar surface area (TPSA) is 42.2 Å². The van der Waals surface area contributed by atoms with E-state index in [0.29, 0.717) is 0 Å². The van der Waals surface area contributed by atoms with Gasteiger partial charge in [-0.15, -0.1) is 0 Å². The summed E-state index contributed by atoms with van der Waals surface area (Å²) in [6, 6.07) is 3.75. The molecule has 0 saturated heterocycles. The molecule has 0 aliphatic carbocycles. The molecule has 1 N–H and O–H groups in total. The van der Waals surface area contributed by atoms with Gasteiger partial charge in [0.2, 0.25) is 5.91 Å². The van der Waals surface area contributed by atoms with E-state index >= 15 is 0 Å². The fraction of sp³-hybridized carbons (Fsp3) is 0.650. The van der Waals surface area contributed by atoms with E-state index in [1.807, 2.05) is 19.1 Å². The van der Waals surface area contributed by atoms with Crippen molar-refractivity contribution in [1.82, 2.24) is 5.32 Å². The number of hydrogen-bond donors (Lipinski definition) is 1. The van der Waals surface area contributed by atoms with Gasteiger partial charge in [0.25, 0.3) is 0 Å². The van der Waals surface area contributed by atoms with Crippen molar-refractivity contribution < 1.29 is 9.21 Å². The maximum Gasteiger partial charge on any atom is 0.244 e. The predicted octanol–water partition coefficient (Wildman–Crippen LogP) is 5.64. The molecule has 1 aromatic rings. The van der Waals surface area contributed by atoms with Gasteiger partial charge in [0, 0.05) is 12.6 Å². The minimum absolute atomic E-state index is 0.0463. The Morgan fingerprint density at radius 2 is 1.61 bits per heavy atom. The zero-order valence-electron chi connectivity index (χ0n) is 14.9. The maximum atomic E-state index is 11.6. The summed E-state index contributed by atoms with van der Waals surface area (Å²) in [5, 5.41) is 2.92. The van der Waals surface area contributed by atoms with Crippen molar-refractivity contribution in [3.8, 4) is 0 Å². The van der Waals surface area contributed by atoms with Gasteiger partial charge >= 0.3 is 0 Å². The molecule has 0 aliphatic heterocycles. The average Bonchev–Trinajstić information content (AvgIpc) is 2.96. The number of carbonyl (C=O) groups excluding carboxylic acids is 1. The van der Waals surface area contributed by atoms with Gasteiger partial charge in [0.1, 0.15) is 11.5 Å². The van der Waals surface area contributed by atoms with Crippen LogP contribution in [0.4, 0.5) is 0 Å². The summed E-state index contributed by atoms with van der Waals surface area (Å²) in [7, 11) is 0. The first-order valence-electron chi connectivity index (χ1n) is 9.24. The van der Waals surface area contributed by atoms with Gasteiger partial charge < -0.3 is 9.73 Å². The van der Waals surface area contributed by atoms with Gasteiger partial charge in [-0.1, -0.05) is 64.7 Å². The van der Waals surface area contributed by atoms with Crippen molar-refractivity contribution in [1.29, 1.82) is 0 Å². The highest BCUT2D eigenvalue weighted by molar-refractivity contribution is 5.91. The summed E-state index contributed by atoms with van der Waals surface area (Å²) in [4.78, 5) is 11.6. The SMILES string of the molecule is CCCCCCCCCCCCNC(=O)C=Cc1ccc(C)o1. The minimum atomic E-state index is -0.0463. The molecule has 0 bridgehead atoms. The Labute approximate surface area is 141 Å². The molecule has 23 heavy (non-hydrogen) atoms. The van der Waals surface area contributed by atoms with Crippen molar-refractivity contribution in [3.63, 3.8) is 0 Å². The molecule has 0 unspecified atom stereocenters. The Balaban J connectivity index is 1.90. The summed E-state index contributed by atoms with van der Waals surface area (Å²) < 4.78 is 5.38. The van der Waals surface area contributed by atoms with Crippen LogP contribution in [-0.4, -0.2) is 12.5 Å². The molecular formula is C20H33NO2.